The Balaban J connectivity index is 1.56. The van der Waals surface area contributed by atoms with E-state index in [0.717, 1.165) is 29.4 Å². The lowest BCUT2D eigenvalue weighted by Crippen LogP contribution is -2.07. The van der Waals surface area contributed by atoms with E-state index in [1.165, 1.54) is 5.56 Å². The van der Waals surface area contributed by atoms with Crippen molar-refractivity contribution >= 4 is 0 Å². The molecule has 2 aromatic heterocycles. The largest absolute Gasteiger partial charge is 0.481 e. The summed E-state index contributed by atoms with van der Waals surface area (Å²) in [6.45, 7) is 2.46. The molecule has 0 spiro atoms. The normalized spacial score (nSPS) is 13.7. The predicted molar refractivity (Wildman–Crippen MR) is 92.6 cm³/mol. The molecule has 1 atom stereocenters. The van der Waals surface area contributed by atoms with Crippen LogP contribution in [0.4, 0.5) is 0 Å². The van der Waals surface area contributed by atoms with E-state index in [1.54, 1.807) is 13.3 Å². The van der Waals surface area contributed by atoms with E-state index in [1.807, 2.05) is 36.7 Å². The lowest BCUT2D eigenvalue weighted by molar-refractivity contribution is 0.174. The third-order valence-corrected chi connectivity index (χ3v) is 4.30. The highest BCUT2D eigenvalue weighted by Crippen LogP contribution is 2.34. The van der Waals surface area contributed by atoms with Crippen molar-refractivity contribution in [3.05, 3.63) is 60.3 Å². The van der Waals surface area contributed by atoms with Gasteiger partial charge in [0.15, 0.2) is 11.5 Å². The predicted octanol–water partition coefficient (Wildman–Crippen LogP) is 3.35. The first kappa shape index (κ1) is 15.5. The number of fused-ring (bicyclic) bond motifs is 1. The molecule has 1 aliphatic rings. The van der Waals surface area contributed by atoms with Crippen molar-refractivity contribution in [2.45, 2.75) is 19.3 Å². The van der Waals surface area contributed by atoms with Crippen molar-refractivity contribution in [3.8, 4) is 23.1 Å². The number of rotatable bonds is 5. The number of ether oxygens (including phenoxy) is 3. The van der Waals surface area contributed by atoms with Gasteiger partial charge in [0.1, 0.15) is 5.82 Å². The van der Waals surface area contributed by atoms with Crippen molar-refractivity contribution in [3.63, 3.8) is 0 Å². The average molecular weight is 337 g/mol. The number of hydrogen-bond donors (Lipinski definition) is 0. The van der Waals surface area contributed by atoms with Crippen LogP contribution < -0.4 is 14.2 Å². The molecule has 4 rings (SSSR count). The molecular formula is C19H19N3O3. The second-order valence-corrected chi connectivity index (χ2v) is 6.01. The van der Waals surface area contributed by atoms with Gasteiger partial charge in [-0.05, 0) is 30.2 Å². The zero-order valence-electron chi connectivity index (χ0n) is 14.2. The van der Waals surface area contributed by atoms with Crippen LogP contribution in [0, 0.1) is 0 Å². The fourth-order valence-electron chi connectivity index (χ4n) is 3.05. The van der Waals surface area contributed by atoms with Crippen LogP contribution in [0.15, 0.2) is 48.9 Å². The molecule has 0 saturated carbocycles. The number of benzene rings is 1. The van der Waals surface area contributed by atoms with Crippen LogP contribution in [-0.4, -0.2) is 28.4 Å². The minimum absolute atomic E-state index is 0.234. The summed E-state index contributed by atoms with van der Waals surface area (Å²) in [6, 6.07) is 9.91. The number of imidazole rings is 1. The van der Waals surface area contributed by atoms with Crippen LogP contribution in [0.1, 0.15) is 24.2 Å². The first-order chi connectivity index (χ1) is 12.2. The Morgan fingerprint density at radius 2 is 2.04 bits per heavy atom. The van der Waals surface area contributed by atoms with Gasteiger partial charge in [0.2, 0.25) is 12.7 Å². The second-order valence-electron chi connectivity index (χ2n) is 6.01. The smallest absolute Gasteiger partial charge is 0.231 e. The molecule has 0 bridgehead atoms. The average Bonchev–Trinajstić information content (AvgIpc) is 3.30. The molecule has 128 valence electrons. The third-order valence-electron chi connectivity index (χ3n) is 4.30. The number of methoxy groups -OCH3 is 1. The van der Waals surface area contributed by atoms with Gasteiger partial charge < -0.3 is 18.8 Å². The quantitative estimate of drug-likeness (QED) is 0.714. The van der Waals surface area contributed by atoms with Crippen LogP contribution >= 0.6 is 0 Å². The summed E-state index contributed by atoms with van der Waals surface area (Å²) >= 11 is 0. The molecule has 0 amide bonds. The highest BCUT2D eigenvalue weighted by Gasteiger charge is 2.17. The summed E-state index contributed by atoms with van der Waals surface area (Å²) in [5.74, 6) is 3.44. The zero-order valence-corrected chi connectivity index (χ0v) is 14.2. The number of pyridine rings is 1. The Bertz CT molecular complexity index is 874. The molecule has 3 aromatic rings. The summed E-state index contributed by atoms with van der Waals surface area (Å²) in [5.41, 5.74) is 2.16. The highest BCUT2D eigenvalue weighted by molar-refractivity contribution is 5.45. The van der Waals surface area contributed by atoms with Crippen LogP contribution in [-0.2, 0) is 6.42 Å². The van der Waals surface area contributed by atoms with Crippen molar-refractivity contribution in [1.29, 1.82) is 0 Å². The van der Waals surface area contributed by atoms with Crippen molar-refractivity contribution < 1.29 is 14.2 Å². The lowest BCUT2D eigenvalue weighted by Gasteiger charge is -2.14. The van der Waals surface area contributed by atoms with Gasteiger partial charge in [0, 0.05) is 24.4 Å². The Kier molecular flexibility index (Phi) is 4.01. The molecule has 6 heteroatoms. The molecule has 1 aliphatic heterocycles. The minimum Gasteiger partial charge on any atom is -0.481 e. The summed E-state index contributed by atoms with van der Waals surface area (Å²) in [5, 5.41) is 0. The first-order valence-electron chi connectivity index (χ1n) is 8.17. The molecule has 25 heavy (non-hydrogen) atoms. The van der Waals surface area contributed by atoms with Gasteiger partial charge in [0.05, 0.1) is 19.0 Å². The van der Waals surface area contributed by atoms with Crippen LogP contribution in [0.2, 0.25) is 0 Å². The number of nitrogens with zero attached hydrogens (tertiary/aromatic N) is 3. The summed E-state index contributed by atoms with van der Waals surface area (Å²) in [4.78, 5) is 8.83. The van der Waals surface area contributed by atoms with Crippen LogP contribution in [0.5, 0.6) is 17.4 Å². The molecule has 1 aromatic carbocycles. The first-order valence-corrected chi connectivity index (χ1v) is 8.17. The molecule has 0 aliphatic carbocycles. The van der Waals surface area contributed by atoms with Crippen molar-refractivity contribution in [2.24, 2.45) is 0 Å². The maximum absolute atomic E-state index is 5.46. The molecule has 0 N–H and O–H groups in total. The van der Waals surface area contributed by atoms with E-state index < -0.39 is 0 Å². The van der Waals surface area contributed by atoms with E-state index >= 15 is 0 Å². The number of aromatic nitrogens is 3. The standard InChI is InChI=1S/C19H19N3O3/c1-13(9-14-3-5-16-17(10-14)25-12-24-16)19-20-7-8-22(19)15-4-6-18(23-2)21-11-15/h3-8,10-11,13H,9,12H2,1-2H3/t13-/m1/s1. The Hall–Kier alpha value is -3.02. The van der Waals surface area contributed by atoms with E-state index in [2.05, 4.69) is 27.5 Å². The van der Waals surface area contributed by atoms with E-state index in [-0.39, 0.29) is 5.92 Å². The van der Waals surface area contributed by atoms with Crippen molar-refractivity contribution in [2.75, 3.05) is 13.9 Å². The monoisotopic (exact) mass is 337 g/mol. The summed E-state index contributed by atoms with van der Waals surface area (Å²) < 4.78 is 18.0. The minimum atomic E-state index is 0.234. The maximum atomic E-state index is 5.46. The van der Waals surface area contributed by atoms with Crippen LogP contribution in [0.25, 0.3) is 5.69 Å². The molecular weight excluding hydrogens is 318 g/mol. The highest BCUT2D eigenvalue weighted by atomic mass is 16.7. The Morgan fingerprint density at radius 1 is 1.16 bits per heavy atom. The molecule has 0 radical (unpaired) electrons. The zero-order chi connectivity index (χ0) is 17.2. The van der Waals surface area contributed by atoms with Gasteiger partial charge in [0.25, 0.3) is 0 Å². The number of hydrogen-bond acceptors (Lipinski definition) is 5. The molecule has 0 unspecified atom stereocenters. The Labute approximate surface area is 146 Å². The Morgan fingerprint density at radius 3 is 2.84 bits per heavy atom. The SMILES string of the molecule is COc1ccc(-n2ccnc2[C@H](C)Cc2ccc3c(c2)OCO3)cn1. The van der Waals surface area contributed by atoms with E-state index in [0.29, 0.717) is 12.7 Å². The molecule has 0 fully saturated rings. The van der Waals surface area contributed by atoms with Gasteiger partial charge in [-0.2, -0.15) is 0 Å². The van der Waals surface area contributed by atoms with Gasteiger partial charge in [-0.15, -0.1) is 0 Å². The summed E-state index contributed by atoms with van der Waals surface area (Å²) in [6.07, 6.45) is 6.42. The molecule has 6 nitrogen and oxygen atoms in total. The molecule has 0 saturated heterocycles. The van der Waals surface area contributed by atoms with Gasteiger partial charge in [-0.1, -0.05) is 13.0 Å². The van der Waals surface area contributed by atoms with Crippen molar-refractivity contribution in [1.82, 2.24) is 14.5 Å². The summed E-state index contributed by atoms with van der Waals surface area (Å²) in [7, 11) is 1.61. The second kappa shape index (κ2) is 6.47. The van der Waals surface area contributed by atoms with E-state index in [9.17, 15) is 0 Å². The fourth-order valence-corrected chi connectivity index (χ4v) is 3.05. The molecule has 3 heterocycles. The lowest BCUT2D eigenvalue weighted by atomic mass is 10.00. The van der Waals surface area contributed by atoms with E-state index in [4.69, 9.17) is 14.2 Å². The fraction of sp³-hybridized carbons (Fsp3) is 0.263. The van der Waals surface area contributed by atoms with Crippen LogP contribution in [0.3, 0.4) is 0 Å². The topological polar surface area (TPSA) is 58.4 Å². The third kappa shape index (κ3) is 3.03. The van der Waals surface area contributed by atoms with Gasteiger partial charge in [-0.3, -0.25) is 0 Å². The van der Waals surface area contributed by atoms with Gasteiger partial charge >= 0.3 is 0 Å². The maximum Gasteiger partial charge on any atom is 0.231 e. The van der Waals surface area contributed by atoms with Gasteiger partial charge in [-0.25, -0.2) is 9.97 Å².